The van der Waals surface area contributed by atoms with E-state index in [-0.39, 0.29) is 11.7 Å². The van der Waals surface area contributed by atoms with Crippen LogP contribution in [0.25, 0.3) is 11.0 Å². The zero-order valence-corrected chi connectivity index (χ0v) is 14.4. The highest BCUT2D eigenvalue weighted by Crippen LogP contribution is 2.28. The Balaban J connectivity index is 1.89. The van der Waals surface area contributed by atoms with Crippen LogP contribution in [0.4, 0.5) is 5.69 Å². The molecule has 1 N–H and O–H groups in total. The summed E-state index contributed by atoms with van der Waals surface area (Å²) in [5, 5.41) is 4.19. The van der Waals surface area contributed by atoms with Crippen molar-refractivity contribution in [2.24, 2.45) is 0 Å². The lowest BCUT2D eigenvalue weighted by Gasteiger charge is -2.05. The summed E-state index contributed by atoms with van der Waals surface area (Å²) >= 11 is 12.7. The van der Waals surface area contributed by atoms with Crippen molar-refractivity contribution in [2.75, 3.05) is 5.32 Å². The standard InChI is InChI=1S/C15H8Br2ClNO2/c16-9-1-3-12(11(17)7-9)19-15(20)14-6-8-5-10(18)2-4-13(8)21-14/h1-7H,(H,19,20). The van der Waals surface area contributed by atoms with Crippen molar-refractivity contribution in [3.8, 4) is 0 Å². The number of hydrogen-bond donors (Lipinski definition) is 1. The Morgan fingerprint density at radius 3 is 2.67 bits per heavy atom. The zero-order chi connectivity index (χ0) is 15.0. The maximum absolute atomic E-state index is 12.2. The fourth-order valence-electron chi connectivity index (χ4n) is 1.90. The smallest absolute Gasteiger partial charge is 0.291 e. The van der Waals surface area contributed by atoms with Gasteiger partial charge in [0.1, 0.15) is 5.58 Å². The summed E-state index contributed by atoms with van der Waals surface area (Å²) in [4.78, 5) is 12.2. The third-order valence-electron chi connectivity index (χ3n) is 2.88. The lowest BCUT2D eigenvalue weighted by atomic mass is 10.2. The van der Waals surface area contributed by atoms with Crippen molar-refractivity contribution in [1.82, 2.24) is 0 Å². The molecular formula is C15H8Br2ClNO2. The van der Waals surface area contributed by atoms with Crippen LogP contribution in [-0.2, 0) is 0 Å². The number of halogens is 3. The first-order valence-electron chi connectivity index (χ1n) is 5.98. The Bertz CT molecular complexity index is 845. The molecule has 0 unspecified atom stereocenters. The number of anilines is 1. The van der Waals surface area contributed by atoms with Crippen LogP contribution >= 0.6 is 43.5 Å². The van der Waals surface area contributed by atoms with E-state index in [1.165, 1.54) is 0 Å². The van der Waals surface area contributed by atoms with Crippen LogP contribution in [0, 0.1) is 0 Å². The van der Waals surface area contributed by atoms with Crippen molar-refractivity contribution >= 4 is 66.0 Å². The summed E-state index contributed by atoms with van der Waals surface area (Å²) in [5.41, 5.74) is 1.29. The average Bonchev–Trinajstić information content (AvgIpc) is 2.85. The summed E-state index contributed by atoms with van der Waals surface area (Å²) in [7, 11) is 0. The number of carbonyl (C=O) groups excluding carboxylic acids is 1. The molecule has 3 rings (SSSR count). The Labute approximate surface area is 142 Å². The first-order valence-corrected chi connectivity index (χ1v) is 7.95. The number of fused-ring (bicyclic) bond motifs is 1. The van der Waals surface area contributed by atoms with Crippen molar-refractivity contribution in [1.29, 1.82) is 0 Å². The first-order chi connectivity index (χ1) is 10.0. The summed E-state index contributed by atoms with van der Waals surface area (Å²) in [5.74, 6) is -0.0765. The Hall–Kier alpha value is -1.30. The van der Waals surface area contributed by atoms with E-state index in [0.717, 1.165) is 14.3 Å². The predicted octanol–water partition coefficient (Wildman–Crippen LogP) is 5.86. The lowest BCUT2D eigenvalue weighted by molar-refractivity contribution is 0.0998. The van der Waals surface area contributed by atoms with Crippen LogP contribution in [0.5, 0.6) is 0 Å². The van der Waals surface area contributed by atoms with Gasteiger partial charge in [-0.25, -0.2) is 0 Å². The van der Waals surface area contributed by atoms with Crippen molar-refractivity contribution in [3.63, 3.8) is 0 Å². The maximum atomic E-state index is 12.2. The van der Waals surface area contributed by atoms with Crippen LogP contribution in [0.15, 0.2) is 55.8 Å². The third-order valence-corrected chi connectivity index (χ3v) is 4.27. The van der Waals surface area contributed by atoms with E-state index >= 15 is 0 Å². The SMILES string of the molecule is O=C(Nc1ccc(Br)cc1Br)c1cc2cc(Cl)ccc2o1. The molecular weight excluding hydrogens is 421 g/mol. The molecule has 0 aliphatic carbocycles. The number of benzene rings is 2. The van der Waals surface area contributed by atoms with Gasteiger partial charge in [-0.1, -0.05) is 27.5 Å². The quantitative estimate of drug-likeness (QED) is 0.554. The van der Waals surface area contributed by atoms with Crippen LogP contribution in [0.2, 0.25) is 5.02 Å². The number of hydrogen-bond acceptors (Lipinski definition) is 2. The van der Waals surface area contributed by atoms with Gasteiger partial charge in [0.25, 0.3) is 5.91 Å². The Morgan fingerprint density at radius 2 is 1.90 bits per heavy atom. The van der Waals surface area contributed by atoms with E-state index in [1.54, 1.807) is 30.3 Å². The molecule has 106 valence electrons. The second-order valence-corrected chi connectivity index (χ2v) is 6.58. The molecule has 3 aromatic rings. The van der Waals surface area contributed by atoms with Crippen molar-refractivity contribution in [3.05, 3.63) is 62.2 Å². The molecule has 2 aromatic carbocycles. The molecule has 0 bridgehead atoms. The zero-order valence-electron chi connectivity index (χ0n) is 10.5. The molecule has 1 heterocycles. The predicted molar refractivity (Wildman–Crippen MR) is 91.0 cm³/mol. The normalized spacial score (nSPS) is 10.8. The second-order valence-electron chi connectivity index (χ2n) is 4.37. The van der Waals surface area contributed by atoms with Crippen LogP contribution in [-0.4, -0.2) is 5.91 Å². The number of nitrogens with one attached hydrogen (secondary N) is 1. The monoisotopic (exact) mass is 427 g/mol. The fourth-order valence-corrected chi connectivity index (χ4v) is 3.23. The summed E-state index contributed by atoms with van der Waals surface area (Å²) in [6.07, 6.45) is 0. The highest BCUT2D eigenvalue weighted by Gasteiger charge is 2.14. The Kier molecular flexibility index (Phi) is 4.06. The summed E-state index contributed by atoms with van der Waals surface area (Å²) < 4.78 is 7.23. The molecule has 21 heavy (non-hydrogen) atoms. The molecule has 0 radical (unpaired) electrons. The maximum Gasteiger partial charge on any atom is 0.291 e. The number of carbonyl (C=O) groups is 1. The van der Waals surface area contributed by atoms with Crippen LogP contribution in [0.3, 0.4) is 0 Å². The number of furan rings is 1. The minimum atomic E-state index is -0.314. The highest BCUT2D eigenvalue weighted by molar-refractivity contribution is 9.11. The van der Waals surface area contributed by atoms with Gasteiger partial charge >= 0.3 is 0 Å². The van der Waals surface area contributed by atoms with E-state index < -0.39 is 0 Å². The third kappa shape index (κ3) is 3.15. The Morgan fingerprint density at radius 1 is 1.10 bits per heavy atom. The molecule has 0 aliphatic rings. The average molecular weight is 429 g/mol. The van der Waals surface area contributed by atoms with Crippen LogP contribution in [0.1, 0.15) is 10.6 Å². The molecule has 0 saturated heterocycles. The molecule has 6 heteroatoms. The fraction of sp³-hybridized carbons (Fsp3) is 0. The summed E-state index contributed by atoms with van der Waals surface area (Å²) in [6, 6.07) is 12.4. The van der Waals surface area contributed by atoms with Gasteiger partial charge in [0.05, 0.1) is 5.69 Å². The topological polar surface area (TPSA) is 42.2 Å². The molecule has 1 amide bonds. The molecule has 1 aromatic heterocycles. The minimum Gasteiger partial charge on any atom is -0.451 e. The van der Waals surface area contributed by atoms with Gasteiger partial charge in [0, 0.05) is 19.4 Å². The van der Waals surface area contributed by atoms with E-state index in [9.17, 15) is 4.79 Å². The van der Waals surface area contributed by atoms with E-state index in [1.807, 2.05) is 12.1 Å². The van der Waals surface area contributed by atoms with Crippen molar-refractivity contribution < 1.29 is 9.21 Å². The first kappa shape index (κ1) is 14.6. The van der Waals surface area contributed by atoms with Gasteiger partial charge in [0.15, 0.2) is 5.76 Å². The van der Waals surface area contributed by atoms with Crippen molar-refractivity contribution in [2.45, 2.75) is 0 Å². The largest absolute Gasteiger partial charge is 0.451 e. The van der Waals surface area contributed by atoms with E-state index in [4.69, 9.17) is 16.0 Å². The second kappa shape index (κ2) is 5.83. The van der Waals surface area contributed by atoms with E-state index in [0.29, 0.717) is 16.3 Å². The van der Waals surface area contributed by atoms with Gasteiger partial charge in [-0.05, 0) is 58.4 Å². The highest BCUT2D eigenvalue weighted by atomic mass is 79.9. The minimum absolute atomic E-state index is 0.238. The number of amides is 1. The van der Waals surface area contributed by atoms with Gasteiger partial charge in [0.2, 0.25) is 0 Å². The van der Waals surface area contributed by atoms with Crippen LogP contribution < -0.4 is 5.32 Å². The van der Waals surface area contributed by atoms with Gasteiger partial charge < -0.3 is 9.73 Å². The van der Waals surface area contributed by atoms with Gasteiger partial charge in [-0.3, -0.25) is 4.79 Å². The van der Waals surface area contributed by atoms with E-state index in [2.05, 4.69) is 37.2 Å². The molecule has 0 aliphatic heterocycles. The number of rotatable bonds is 2. The molecule has 0 spiro atoms. The summed E-state index contributed by atoms with van der Waals surface area (Å²) in [6.45, 7) is 0. The van der Waals surface area contributed by atoms with Gasteiger partial charge in [-0.2, -0.15) is 0 Å². The lowest BCUT2D eigenvalue weighted by Crippen LogP contribution is -2.11. The molecule has 3 nitrogen and oxygen atoms in total. The molecule has 0 saturated carbocycles. The molecule has 0 fully saturated rings. The molecule has 0 atom stereocenters. The van der Waals surface area contributed by atoms with Gasteiger partial charge in [-0.15, -0.1) is 0 Å².